The second kappa shape index (κ2) is 3.43. The van der Waals surface area contributed by atoms with Gasteiger partial charge >= 0.3 is 11.4 Å². The van der Waals surface area contributed by atoms with Crippen molar-refractivity contribution in [3.8, 4) is 28.0 Å². The van der Waals surface area contributed by atoms with Crippen LogP contribution in [0, 0.1) is 0 Å². The standard InChI is InChI=1S/C12H8O3S/c13-16(14)15-11-7-3-6-10-8-4-1-2-5-9(8)12(10)11/h1-7H,(H,13,14). The molecule has 0 aromatic heterocycles. The van der Waals surface area contributed by atoms with Gasteiger partial charge in [-0.15, -0.1) is 0 Å². The van der Waals surface area contributed by atoms with Gasteiger partial charge in [0.1, 0.15) is 0 Å². The van der Waals surface area contributed by atoms with Gasteiger partial charge in [-0.2, -0.15) is 4.21 Å². The summed E-state index contributed by atoms with van der Waals surface area (Å²) in [6, 6.07) is 13.4. The molecule has 0 saturated heterocycles. The molecule has 1 unspecified atom stereocenters. The molecule has 2 aromatic carbocycles. The first kappa shape index (κ1) is 9.57. The van der Waals surface area contributed by atoms with Crippen LogP contribution in [0.1, 0.15) is 0 Å². The Bertz CT molecular complexity index is 593. The lowest BCUT2D eigenvalue weighted by molar-refractivity contribution is 0.458. The summed E-state index contributed by atoms with van der Waals surface area (Å²) in [6.07, 6.45) is 0. The topological polar surface area (TPSA) is 46.5 Å². The van der Waals surface area contributed by atoms with E-state index in [9.17, 15) is 4.21 Å². The summed E-state index contributed by atoms with van der Waals surface area (Å²) in [7, 11) is 0. The average Bonchev–Trinajstić information content (AvgIpc) is 2.24. The monoisotopic (exact) mass is 232 g/mol. The summed E-state index contributed by atoms with van der Waals surface area (Å²) in [4.78, 5) is 0. The van der Waals surface area contributed by atoms with Crippen LogP contribution in [0.15, 0.2) is 42.5 Å². The van der Waals surface area contributed by atoms with E-state index >= 15 is 0 Å². The number of hydrogen-bond acceptors (Lipinski definition) is 2. The Labute approximate surface area is 95.2 Å². The Balaban J connectivity index is 2.14. The van der Waals surface area contributed by atoms with Gasteiger partial charge in [0.25, 0.3) is 0 Å². The van der Waals surface area contributed by atoms with Gasteiger partial charge in [0.2, 0.25) is 0 Å². The Morgan fingerprint density at radius 2 is 1.62 bits per heavy atom. The quantitative estimate of drug-likeness (QED) is 0.691. The number of fused-ring (bicyclic) bond motifs is 4. The van der Waals surface area contributed by atoms with Crippen molar-refractivity contribution in [1.29, 1.82) is 0 Å². The molecule has 1 aliphatic rings. The molecule has 3 nitrogen and oxygen atoms in total. The van der Waals surface area contributed by atoms with Crippen molar-refractivity contribution in [2.45, 2.75) is 0 Å². The molecular formula is C12H8O3S. The summed E-state index contributed by atoms with van der Waals surface area (Å²) in [6.45, 7) is 0. The molecule has 2 aromatic rings. The lowest BCUT2D eigenvalue weighted by Gasteiger charge is -2.25. The van der Waals surface area contributed by atoms with Crippen LogP contribution in [0.5, 0.6) is 5.75 Å². The molecule has 4 heteroatoms. The van der Waals surface area contributed by atoms with Crippen LogP contribution in [0.2, 0.25) is 0 Å². The second-order valence-electron chi connectivity index (χ2n) is 3.52. The van der Waals surface area contributed by atoms with Crippen molar-refractivity contribution in [2.75, 3.05) is 0 Å². The maximum Gasteiger partial charge on any atom is 0.357 e. The Hall–Kier alpha value is -1.65. The summed E-state index contributed by atoms with van der Waals surface area (Å²) >= 11 is -2.28. The van der Waals surface area contributed by atoms with Crippen LogP contribution in [0.4, 0.5) is 0 Å². The smallest absolute Gasteiger partial charge is 0.357 e. The third kappa shape index (κ3) is 1.27. The largest absolute Gasteiger partial charge is 0.379 e. The van der Waals surface area contributed by atoms with Crippen molar-refractivity contribution in [2.24, 2.45) is 0 Å². The van der Waals surface area contributed by atoms with Gasteiger partial charge in [0, 0.05) is 5.56 Å². The van der Waals surface area contributed by atoms with E-state index in [1.807, 2.05) is 36.4 Å². The van der Waals surface area contributed by atoms with Gasteiger partial charge in [0.15, 0.2) is 5.75 Å². The van der Waals surface area contributed by atoms with E-state index in [0.29, 0.717) is 5.75 Å². The minimum Gasteiger partial charge on any atom is -0.379 e. The Morgan fingerprint density at radius 3 is 2.38 bits per heavy atom. The van der Waals surface area contributed by atoms with E-state index < -0.39 is 11.4 Å². The number of benzene rings is 2. The summed E-state index contributed by atoms with van der Waals surface area (Å²) in [5, 5.41) is 0. The zero-order chi connectivity index (χ0) is 11.1. The predicted octanol–water partition coefficient (Wildman–Crippen LogP) is 2.85. The number of rotatable bonds is 2. The minimum absolute atomic E-state index is 0.456. The van der Waals surface area contributed by atoms with Crippen molar-refractivity contribution in [3.05, 3.63) is 42.5 Å². The third-order valence-electron chi connectivity index (χ3n) is 2.67. The molecule has 0 spiro atoms. The lowest BCUT2D eigenvalue weighted by Crippen LogP contribution is -2.04. The molecule has 1 aliphatic carbocycles. The first-order valence-corrected chi connectivity index (χ1v) is 5.82. The molecule has 0 fully saturated rings. The van der Waals surface area contributed by atoms with Crippen LogP contribution in [-0.4, -0.2) is 8.76 Å². The van der Waals surface area contributed by atoms with Crippen LogP contribution >= 0.6 is 0 Å². The van der Waals surface area contributed by atoms with E-state index in [1.165, 1.54) is 0 Å². The van der Waals surface area contributed by atoms with Crippen molar-refractivity contribution >= 4 is 11.4 Å². The molecular weight excluding hydrogens is 224 g/mol. The SMILES string of the molecule is O=S(O)Oc1cccc2c1-c1ccccc1-2. The normalized spacial score (nSPS) is 13.3. The van der Waals surface area contributed by atoms with E-state index in [1.54, 1.807) is 6.07 Å². The van der Waals surface area contributed by atoms with Gasteiger partial charge < -0.3 is 4.18 Å². The molecule has 0 aliphatic heterocycles. The Morgan fingerprint density at radius 1 is 0.938 bits per heavy atom. The highest BCUT2D eigenvalue weighted by molar-refractivity contribution is 7.74. The lowest BCUT2D eigenvalue weighted by atomic mass is 9.80. The molecule has 16 heavy (non-hydrogen) atoms. The van der Waals surface area contributed by atoms with Crippen LogP contribution in [0.25, 0.3) is 22.3 Å². The van der Waals surface area contributed by atoms with E-state index in [4.69, 9.17) is 8.74 Å². The predicted molar refractivity (Wildman–Crippen MR) is 62.3 cm³/mol. The van der Waals surface area contributed by atoms with Gasteiger partial charge in [-0.1, -0.05) is 36.4 Å². The molecule has 0 heterocycles. The summed E-state index contributed by atoms with van der Waals surface area (Å²) < 4.78 is 24.3. The first-order chi connectivity index (χ1) is 7.77. The average molecular weight is 232 g/mol. The highest BCUT2D eigenvalue weighted by Crippen LogP contribution is 2.51. The van der Waals surface area contributed by atoms with Crippen LogP contribution in [-0.2, 0) is 11.4 Å². The molecule has 80 valence electrons. The van der Waals surface area contributed by atoms with E-state index in [-0.39, 0.29) is 0 Å². The third-order valence-corrected chi connectivity index (χ3v) is 3.00. The van der Waals surface area contributed by atoms with E-state index in [2.05, 4.69) is 0 Å². The highest BCUT2D eigenvalue weighted by atomic mass is 32.2. The minimum atomic E-state index is -2.28. The fourth-order valence-electron chi connectivity index (χ4n) is 2.05. The van der Waals surface area contributed by atoms with Crippen molar-refractivity contribution < 1.29 is 12.9 Å². The van der Waals surface area contributed by atoms with Crippen LogP contribution in [0.3, 0.4) is 0 Å². The molecule has 0 saturated carbocycles. The van der Waals surface area contributed by atoms with Crippen LogP contribution < -0.4 is 4.18 Å². The number of hydrogen-bond donors (Lipinski definition) is 1. The fourth-order valence-corrected chi connectivity index (χ4v) is 2.35. The maximum absolute atomic E-state index is 10.7. The van der Waals surface area contributed by atoms with E-state index in [0.717, 1.165) is 22.3 Å². The van der Waals surface area contributed by atoms with Gasteiger partial charge in [-0.25, -0.2) is 0 Å². The van der Waals surface area contributed by atoms with Crippen molar-refractivity contribution in [3.63, 3.8) is 0 Å². The summed E-state index contributed by atoms with van der Waals surface area (Å²) in [5.74, 6) is 0.456. The van der Waals surface area contributed by atoms with Gasteiger partial charge in [-0.05, 0) is 22.8 Å². The molecule has 0 radical (unpaired) electrons. The van der Waals surface area contributed by atoms with Gasteiger partial charge in [-0.3, -0.25) is 4.55 Å². The Kier molecular flexibility index (Phi) is 2.05. The molecule has 0 bridgehead atoms. The molecule has 1 N–H and O–H groups in total. The highest BCUT2D eigenvalue weighted by Gasteiger charge is 2.25. The maximum atomic E-state index is 10.7. The summed E-state index contributed by atoms with van der Waals surface area (Å²) in [5.41, 5.74) is 4.21. The first-order valence-electron chi connectivity index (χ1n) is 4.79. The van der Waals surface area contributed by atoms with Gasteiger partial charge in [0.05, 0.1) is 0 Å². The molecule has 0 amide bonds. The van der Waals surface area contributed by atoms with Crippen molar-refractivity contribution in [1.82, 2.24) is 0 Å². The molecule has 1 atom stereocenters. The molecule has 3 rings (SSSR count). The zero-order valence-electron chi connectivity index (χ0n) is 8.21. The fraction of sp³-hybridized carbons (Fsp3) is 0. The second-order valence-corrected chi connectivity index (χ2v) is 4.13. The zero-order valence-corrected chi connectivity index (χ0v) is 9.03.